The summed E-state index contributed by atoms with van der Waals surface area (Å²) in [5.74, 6) is 1.03. The maximum Gasteiger partial charge on any atom is 0.409 e. The van der Waals surface area contributed by atoms with Crippen LogP contribution in [0.4, 0.5) is 16.3 Å². The Morgan fingerprint density at radius 3 is 2.38 bits per heavy atom. The van der Waals surface area contributed by atoms with Gasteiger partial charge in [0.2, 0.25) is 0 Å². The fourth-order valence-electron chi connectivity index (χ4n) is 2.96. The molecule has 1 fully saturated rings. The lowest BCUT2D eigenvalue weighted by Crippen LogP contribution is -2.50. The maximum absolute atomic E-state index is 12.7. The van der Waals surface area contributed by atoms with Crippen molar-refractivity contribution in [2.75, 3.05) is 44.7 Å². The Morgan fingerprint density at radius 2 is 1.72 bits per heavy atom. The fourth-order valence-corrected chi connectivity index (χ4v) is 2.96. The summed E-state index contributed by atoms with van der Waals surface area (Å²) in [5.41, 5.74) is 1.04. The average Bonchev–Trinajstić information content (AvgIpc) is 2.76. The molecule has 1 aliphatic rings. The third-order valence-electron chi connectivity index (χ3n) is 4.41. The third-order valence-corrected chi connectivity index (χ3v) is 4.41. The van der Waals surface area contributed by atoms with Gasteiger partial charge in [0, 0.05) is 26.2 Å². The van der Waals surface area contributed by atoms with Gasteiger partial charge in [0.15, 0.2) is 0 Å². The standard InChI is InChI=1S/C20H25N5O4/c1-3-28-17-8-6-5-7-15(17)23-18-14-21-16(13-22-18)19(26)24-9-11-25(12-10-24)20(27)29-4-2/h5-8,13-14H,3-4,9-12H2,1-2H3,(H,22,23). The van der Waals surface area contributed by atoms with Crippen LogP contribution in [0.15, 0.2) is 36.7 Å². The maximum atomic E-state index is 12.7. The molecule has 1 aromatic carbocycles. The van der Waals surface area contributed by atoms with Crippen LogP contribution in [0.3, 0.4) is 0 Å². The van der Waals surface area contributed by atoms with E-state index >= 15 is 0 Å². The van der Waals surface area contributed by atoms with Crippen molar-refractivity contribution in [1.82, 2.24) is 19.8 Å². The number of piperazine rings is 1. The molecule has 9 nitrogen and oxygen atoms in total. The lowest BCUT2D eigenvalue weighted by molar-refractivity contribution is 0.0565. The quantitative estimate of drug-likeness (QED) is 0.797. The molecule has 0 unspecified atom stereocenters. The van der Waals surface area contributed by atoms with Crippen molar-refractivity contribution in [3.63, 3.8) is 0 Å². The van der Waals surface area contributed by atoms with Crippen molar-refractivity contribution >= 4 is 23.5 Å². The summed E-state index contributed by atoms with van der Waals surface area (Å²) in [7, 11) is 0. The van der Waals surface area contributed by atoms with Crippen molar-refractivity contribution in [3.8, 4) is 5.75 Å². The Hall–Kier alpha value is -3.36. The summed E-state index contributed by atoms with van der Waals surface area (Å²) in [6, 6.07) is 7.54. The second-order valence-corrected chi connectivity index (χ2v) is 6.32. The van der Waals surface area contributed by atoms with E-state index in [9.17, 15) is 9.59 Å². The normalized spacial score (nSPS) is 13.7. The molecule has 29 heavy (non-hydrogen) atoms. The number of carbonyl (C=O) groups excluding carboxylic acids is 2. The van der Waals surface area contributed by atoms with Gasteiger partial charge in [0.25, 0.3) is 5.91 Å². The van der Waals surface area contributed by atoms with E-state index in [0.717, 1.165) is 11.4 Å². The molecule has 1 saturated heterocycles. The van der Waals surface area contributed by atoms with Gasteiger partial charge in [0.05, 0.1) is 31.3 Å². The highest BCUT2D eigenvalue weighted by Gasteiger charge is 2.26. The number of nitrogens with zero attached hydrogens (tertiary/aromatic N) is 4. The number of rotatable bonds is 6. The largest absolute Gasteiger partial charge is 0.492 e. The van der Waals surface area contributed by atoms with Gasteiger partial charge in [0.1, 0.15) is 17.3 Å². The number of hydrogen-bond donors (Lipinski definition) is 1. The van der Waals surface area contributed by atoms with Gasteiger partial charge in [-0.3, -0.25) is 4.79 Å². The molecule has 3 rings (SSSR count). The molecule has 1 aromatic heterocycles. The zero-order chi connectivity index (χ0) is 20.6. The third kappa shape index (κ3) is 5.13. The SMILES string of the molecule is CCOC(=O)N1CCN(C(=O)c2cnc(Nc3ccccc3OCC)cn2)CC1. The molecular weight excluding hydrogens is 374 g/mol. The van der Waals surface area contributed by atoms with E-state index < -0.39 is 0 Å². The number of nitrogens with one attached hydrogen (secondary N) is 1. The summed E-state index contributed by atoms with van der Waals surface area (Å²) >= 11 is 0. The molecule has 1 aliphatic heterocycles. The molecule has 2 amide bonds. The number of ether oxygens (including phenoxy) is 2. The monoisotopic (exact) mass is 399 g/mol. The van der Waals surface area contributed by atoms with E-state index in [0.29, 0.717) is 45.2 Å². The number of benzene rings is 1. The number of hydrogen-bond acceptors (Lipinski definition) is 7. The molecule has 0 spiro atoms. The highest BCUT2D eigenvalue weighted by molar-refractivity contribution is 5.92. The second kappa shape index (κ2) is 9.72. The number of amides is 2. The van der Waals surface area contributed by atoms with Crippen LogP contribution in [0, 0.1) is 0 Å². The lowest BCUT2D eigenvalue weighted by atomic mass is 10.3. The summed E-state index contributed by atoms with van der Waals surface area (Å²) in [5, 5.41) is 3.15. The molecule has 1 N–H and O–H groups in total. The summed E-state index contributed by atoms with van der Waals surface area (Å²) in [4.78, 5) is 36.2. The van der Waals surface area contributed by atoms with Crippen LogP contribution in [0.25, 0.3) is 0 Å². The van der Waals surface area contributed by atoms with Gasteiger partial charge in [-0.2, -0.15) is 0 Å². The van der Waals surface area contributed by atoms with E-state index in [1.807, 2.05) is 31.2 Å². The molecule has 0 aliphatic carbocycles. The van der Waals surface area contributed by atoms with Crippen LogP contribution in [0.1, 0.15) is 24.3 Å². The summed E-state index contributed by atoms with van der Waals surface area (Å²) in [6.45, 7) is 6.32. The first-order valence-electron chi connectivity index (χ1n) is 9.64. The van der Waals surface area contributed by atoms with Crippen LogP contribution in [-0.2, 0) is 4.74 Å². The predicted molar refractivity (Wildman–Crippen MR) is 107 cm³/mol. The van der Waals surface area contributed by atoms with Crippen LogP contribution in [0.2, 0.25) is 0 Å². The topological polar surface area (TPSA) is 96.9 Å². The number of para-hydroxylation sites is 2. The van der Waals surface area contributed by atoms with E-state index in [2.05, 4.69) is 15.3 Å². The first-order valence-corrected chi connectivity index (χ1v) is 9.64. The molecule has 0 saturated carbocycles. The van der Waals surface area contributed by atoms with Gasteiger partial charge in [-0.25, -0.2) is 14.8 Å². The Kier molecular flexibility index (Phi) is 6.83. The van der Waals surface area contributed by atoms with Crippen molar-refractivity contribution in [2.24, 2.45) is 0 Å². The number of carbonyl (C=O) groups is 2. The Bertz CT molecular complexity index is 835. The molecule has 2 aromatic rings. The van der Waals surface area contributed by atoms with Gasteiger partial charge in [-0.05, 0) is 26.0 Å². The summed E-state index contributed by atoms with van der Waals surface area (Å²) < 4.78 is 10.6. The molecule has 2 heterocycles. The van der Waals surface area contributed by atoms with Gasteiger partial charge >= 0.3 is 6.09 Å². The number of anilines is 2. The minimum atomic E-state index is -0.345. The summed E-state index contributed by atoms with van der Waals surface area (Å²) in [6.07, 6.45) is 2.62. The molecule has 0 bridgehead atoms. The molecule has 154 valence electrons. The van der Waals surface area contributed by atoms with E-state index in [4.69, 9.17) is 9.47 Å². The van der Waals surface area contributed by atoms with Crippen molar-refractivity contribution in [3.05, 3.63) is 42.4 Å². The second-order valence-electron chi connectivity index (χ2n) is 6.32. The van der Waals surface area contributed by atoms with Gasteiger partial charge in [-0.15, -0.1) is 0 Å². The van der Waals surface area contributed by atoms with E-state index in [1.165, 1.54) is 12.4 Å². The zero-order valence-corrected chi connectivity index (χ0v) is 16.6. The van der Waals surface area contributed by atoms with Gasteiger partial charge in [-0.1, -0.05) is 12.1 Å². The Morgan fingerprint density at radius 1 is 1.00 bits per heavy atom. The highest BCUT2D eigenvalue weighted by Crippen LogP contribution is 2.26. The van der Waals surface area contributed by atoms with Crippen LogP contribution in [0.5, 0.6) is 5.75 Å². The molecule has 9 heteroatoms. The lowest BCUT2D eigenvalue weighted by Gasteiger charge is -2.33. The van der Waals surface area contributed by atoms with Gasteiger partial charge < -0.3 is 24.6 Å². The van der Waals surface area contributed by atoms with E-state index in [-0.39, 0.29) is 17.7 Å². The minimum Gasteiger partial charge on any atom is -0.492 e. The van der Waals surface area contributed by atoms with Crippen LogP contribution < -0.4 is 10.1 Å². The molecule has 0 radical (unpaired) electrons. The van der Waals surface area contributed by atoms with E-state index in [1.54, 1.807) is 16.7 Å². The van der Waals surface area contributed by atoms with Crippen LogP contribution in [-0.4, -0.2) is 71.2 Å². The predicted octanol–water partition coefficient (Wildman–Crippen LogP) is 2.53. The Labute approximate surface area is 169 Å². The van der Waals surface area contributed by atoms with Crippen molar-refractivity contribution in [2.45, 2.75) is 13.8 Å². The first-order chi connectivity index (χ1) is 14.1. The highest BCUT2D eigenvalue weighted by atomic mass is 16.6. The average molecular weight is 399 g/mol. The van der Waals surface area contributed by atoms with Crippen molar-refractivity contribution < 1.29 is 19.1 Å². The number of aromatic nitrogens is 2. The first kappa shape index (κ1) is 20.4. The fraction of sp³-hybridized carbons (Fsp3) is 0.400. The molecular formula is C20H25N5O4. The zero-order valence-electron chi connectivity index (χ0n) is 16.6. The minimum absolute atomic E-state index is 0.206. The van der Waals surface area contributed by atoms with Crippen molar-refractivity contribution in [1.29, 1.82) is 0 Å². The smallest absolute Gasteiger partial charge is 0.409 e. The van der Waals surface area contributed by atoms with Crippen LogP contribution >= 0.6 is 0 Å². The molecule has 0 atom stereocenters. The Balaban J connectivity index is 1.59.